The summed E-state index contributed by atoms with van der Waals surface area (Å²) < 4.78 is 18.5. The lowest BCUT2D eigenvalue weighted by Crippen LogP contribution is -2.58. The van der Waals surface area contributed by atoms with Crippen molar-refractivity contribution in [3.8, 4) is 6.07 Å². The van der Waals surface area contributed by atoms with Crippen LogP contribution >= 0.6 is 0 Å². The van der Waals surface area contributed by atoms with Gasteiger partial charge in [0.2, 0.25) is 11.8 Å². The number of hydrogen-bond donors (Lipinski definition) is 3. The molecule has 2 atom stereocenters. The largest absolute Gasteiger partial charge is 0.379 e. The fourth-order valence-electron chi connectivity index (χ4n) is 4.93. The summed E-state index contributed by atoms with van der Waals surface area (Å²) in [5, 5.41) is 26.3. The Hall–Kier alpha value is -3.81. The number of amides is 2. The fourth-order valence-corrected chi connectivity index (χ4v) is 4.93. The minimum absolute atomic E-state index is 0.0258. The molecular weight excluding hydrogens is 501 g/mol. The zero-order valence-corrected chi connectivity index (χ0v) is 22.2. The van der Waals surface area contributed by atoms with E-state index in [1.165, 1.54) is 17.1 Å². The number of nitriles is 1. The SMILES string of the molecule is C/C=C(\C=C/CF)C1(NC(=O)CN2C(C)=NC(c3ccc(C#N)cc3NC(=O)C3CC3)=CC2O)CCCOC1. The fraction of sp³-hybridized carbons (Fsp3) is 0.448. The monoisotopic (exact) mass is 535 g/mol. The molecule has 1 saturated carbocycles. The maximum atomic E-state index is 13.2. The first-order valence-corrected chi connectivity index (χ1v) is 13.2. The topological polar surface area (TPSA) is 127 Å². The minimum atomic E-state index is -1.16. The number of nitrogens with one attached hydrogen (secondary N) is 2. The van der Waals surface area contributed by atoms with Gasteiger partial charge in [-0.2, -0.15) is 5.26 Å². The number of rotatable bonds is 9. The predicted molar refractivity (Wildman–Crippen MR) is 146 cm³/mol. The molecule has 0 spiro atoms. The normalized spacial score (nSPS) is 23.6. The highest BCUT2D eigenvalue weighted by Crippen LogP contribution is 2.34. The Labute approximate surface area is 227 Å². The molecule has 0 bridgehead atoms. The number of aliphatic hydroxyl groups excluding tert-OH is 1. The van der Waals surface area contributed by atoms with Gasteiger partial charge in [-0.25, -0.2) is 9.38 Å². The molecule has 0 radical (unpaired) electrons. The quantitative estimate of drug-likeness (QED) is 0.416. The van der Waals surface area contributed by atoms with E-state index in [0.717, 1.165) is 24.8 Å². The van der Waals surface area contributed by atoms with Crippen LogP contribution in [0.3, 0.4) is 0 Å². The Morgan fingerprint density at radius 2 is 2.18 bits per heavy atom. The summed E-state index contributed by atoms with van der Waals surface area (Å²) in [5.41, 5.74) is 1.81. The molecule has 9 nitrogen and oxygen atoms in total. The maximum absolute atomic E-state index is 13.2. The number of aliphatic hydroxyl groups is 1. The first-order valence-electron chi connectivity index (χ1n) is 13.2. The molecule has 1 saturated heterocycles. The highest BCUT2D eigenvalue weighted by Gasteiger charge is 2.38. The van der Waals surface area contributed by atoms with Crippen LogP contribution in [0.15, 0.2) is 53.1 Å². The molecule has 3 N–H and O–H groups in total. The lowest BCUT2D eigenvalue weighted by molar-refractivity contribution is -0.125. The van der Waals surface area contributed by atoms with Crippen molar-refractivity contribution >= 4 is 29.0 Å². The van der Waals surface area contributed by atoms with E-state index >= 15 is 0 Å². The van der Waals surface area contributed by atoms with E-state index in [4.69, 9.17) is 4.74 Å². The summed E-state index contributed by atoms with van der Waals surface area (Å²) in [5.74, 6) is -0.0573. The summed E-state index contributed by atoms with van der Waals surface area (Å²) >= 11 is 0. The molecule has 0 aromatic heterocycles. The van der Waals surface area contributed by atoms with Crippen LogP contribution in [0.4, 0.5) is 10.1 Å². The zero-order chi connectivity index (χ0) is 28.0. The van der Waals surface area contributed by atoms with Crippen LogP contribution in [0.5, 0.6) is 0 Å². The third kappa shape index (κ3) is 6.61. The van der Waals surface area contributed by atoms with E-state index in [1.54, 1.807) is 31.2 Å². The van der Waals surface area contributed by atoms with Crippen LogP contribution in [-0.4, -0.2) is 65.9 Å². The number of hydrogen-bond acceptors (Lipinski definition) is 7. The smallest absolute Gasteiger partial charge is 0.240 e. The molecule has 4 rings (SSSR count). The number of ether oxygens (including phenoxy) is 1. The number of carbonyl (C=O) groups excluding carboxylic acids is 2. The zero-order valence-electron chi connectivity index (χ0n) is 22.2. The van der Waals surface area contributed by atoms with E-state index in [1.807, 2.05) is 13.0 Å². The highest BCUT2D eigenvalue weighted by molar-refractivity contribution is 5.99. The second-order valence-electron chi connectivity index (χ2n) is 9.98. The summed E-state index contributed by atoms with van der Waals surface area (Å²) in [4.78, 5) is 31.8. The van der Waals surface area contributed by atoms with Crippen molar-refractivity contribution in [2.75, 3.05) is 31.7 Å². The van der Waals surface area contributed by atoms with E-state index in [9.17, 15) is 24.3 Å². The van der Waals surface area contributed by atoms with Crippen molar-refractivity contribution in [1.29, 1.82) is 5.26 Å². The molecule has 1 aromatic rings. The Morgan fingerprint density at radius 3 is 2.79 bits per heavy atom. The van der Waals surface area contributed by atoms with Crippen molar-refractivity contribution in [2.45, 2.75) is 51.3 Å². The molecule has 10 heteroatoms. The molecule has 1 aromatic carbocycles. The van der Waals surface area contributed by atoms with Crippen molar-refractivity contribution < 1.29 is 23.8 Å². The van der Waals surface area contributed by atoms with E-state index in [2.05, 4.69) is 21.7 Å². The first-order chi connectivity index (χ1) is 18.8. The van der Waals surface area contributed by atoms with Gasteiger partial charge in [0.15, 0.2) is 0 Å². The third-order valence-corrected chi connectivity index (χ3v) is 7.14. The minimum Gasteiger partial charge on any atom is -0.379 e. The van der Waals surface area contributed by atoms with Gasteiger partial charge in [0.25, 0.3) is 0 Å². The highest BCUT2D eigenvalue weighted by atomic mass is 19.1. The van der Waals surface area contributed by atoms with Crippen molar-refractivity contribution in [3.05, 3.63) is 59.2 Å². The molecule has 39 heavy (non-hydrogen) atoms. The summed E-state index contributed by atoms with van der Waals surface area (Å²) in [6, 6.07) is 6.99. The molecule has 2 aliphatic heterocycles. The number of aliphatic imine (C=N–C) groups is 1. The van der Waals surface area contributed by atoms with Gasteiger partial charge in [-0.15, -0.1) is 0 Å². The molecule has 2 fully saturated rings. The molecule has 206 valence electrons. The van der Waals surface area contributed by atoms with Crippen LogP contribution in [0.25, 0.3) is 5.70 Å². The van der Waals surface area contributed by atoms with E-state index in [-0.39, 0.29) is 30.9 Å². The van der Waals surface area contributed by atoms with Crippen molar-refractivity contribution in [2.24, 2.45) is 10.9 Å². The molecule has 2 amide bonds. The van der Waals surface area contributed by atoms with Crippen molar-refractivity contribution in [1.82, 2.24) is 10.2 Å². The molecule has 3 aliphatic rings. The Kier molecular flexibility index (Phi) is 8.94. The van der Waals surface area contributed by atoms with Crippen LogP contribution in [0, 0.1) is 17.2 Å². The standard InChI is InChI=1S/C29H34FN5O4/c1-3-22(6-4-12-30)29(11-5-13-39-18-29)34-26(36)17-35-19(2)32-25(15-27(35)37)23-10-7-20(16-31)14-24(23)33-28(38)21-8-9-21/h3-4,6-7,10,14-15,21,27,37H,5,8-9,11-13,17-18H2,1-2H3,(H,33,38)(H,34,36)/b6-4-,22-3+. The van der Waals surface area contributed by atoms with Gasteiger partial charge in [-0.05, 0) is 69.4 Å². The molecule has 1 aliphatic carbocycles. The van der Waals surface area contributed by atoms with Gasteiger partial charge in [0, 0.05) is 18.1 Å². The van der Waals surface area contributed by atoms with Gasteiger partial charge in [-0.3, -0.25) is 9.59 Å². The molecule has 2 heterocycles. The second kappa shape index (κ2) is 12.4. The number of anilines is 1. The van der Waals surface area contributed by atoms with Gasteiger partial charge in [0.1, 0.15) is 25.3 Å². The number of halogens is 1. The number of amidine groups is 1. The van der Waals surface area contributed by atoms with Gasteiger partial charge >= 0.3 is 0 Å². The Morgan fingerprint density at radius 1 is 1.38 bits per heavy atom. The summed E-state index contributed by atoms with van der Waals surface area (Å²) in [6.07, 6.45) is 8.33. The van der Waals surface area contributed by atoms with Gasteiger partial charge in [0.05, 0.1) is 35.2 Å². The first kappa shape index (κ1) is 28.2. The van der Waals surface area contributed by atoms with E-state index < -0.39 is 18.4 Å². The maximum Gasteiger partial charge on any atom is 0.240 e. The van der Waals surface area contributed by atoms with Gasteiger partial charge in [-0.1, -0.05) is 18.2 Å². The molecular formula is C29H34FN5O4. The lowest BCUT2D eigenvalue weighted by Gasteiger charge is -2.40. The van der Waals surface area contributed by atoms with Crippen LogP contribution in [0.2, 0.25) is 0 Å². The Balaban J connectivity index is 1.52. The summed E-state index contributed by atoms with van der Waals surface area (Å²) in [6.45, 7) is 3.61. The number of carbonyl (C=O) groups is 2. The van der Waals surface area contributed by atoms with Crippen LogP contribution in [-0.2, 0) is 14.3 Å². The average Bonchev–Trinajstić information content (AvgIpc) is 3.77. The number of allylic oxidation sites excluding steroid dienone is 2. The van der Waals surface area contributed by atoms with Crippen LogP contribution in [0.1, 0.15) is 50.7 Å². The van der Waals surface area contributed by atoms with E-state index in [0.29, 0.717) is 41.4 Å². The lowest BCUT2D eigenvalue weighted by atomic mass is 9.83. The van der Waals surface area contributed by atoms with Crippen LogP contribution < -0.4 is 10.6 Å². The number of benzene rings is 1. The Bertz CT molecular complexity index is 1270. The molecule has 2 unspecified atom stereocenters. The predicted octanol–water partition coefficient (Wildman–Crippen LogP) is 3.44. The van der Waals surface area contributed by atoms with Crippen molar-refractivity contribution in [3.63, 3.8) is 0 Å². The number of nitrogens with zero attached hydrogens (tertiary/aromatic N) is 3. The van der Waals surface area contributed by atoms with Gasteiger partial charge < -0.3 is 25.4 Å². The third-order valence-electron chi connectivity index (χ3n) is 7.14. The summed E-state index contributed by atoms with van der Waals surface area (Å²) in [7, 11) is 0. The number of alkyl halides is 1. The average molecular weight is 536 g/mol. The second-order valence-corrected chi connectivity index (χ2v) is 9.98.